The summed E-state index contributed by atoms with van der Waals surface area (Å²) >= 11 is 0. The average Bonchev–Trinajstić information content (AvgIpc) is 3.50. The van der Waals surface area contributed by atoms with Crippen molar-refractivity contribution in [3.05, 3.63) is 41.6 Å². The minimum absolute atomic E-state index is 0.0163. The average molecular weight is 504 g/mol. The van der Waals surface area contributed by atoms with Crippen LogP contribution in [0.3, 0.4) is 0 Å². The second-order valence-electron chi connectivity index (χ2n) is 9.23. The van der Waals surface area contributed by atoms with E-state index in [2.05, 4.69) is 19.9 Å². The van der Waals surface area contributed by atoms with Crippen molar-refractivity contribution in [2.24, 2.45) is 4.99 Å². The number of hydrogen-bond donors (Lipinski definition) is 0. The highest BCUT2D eigenvalue weighted by Gasteiger charge is 2.27. The summed E-state index contributed by atoms with van der Waals surface area (Å²) in [5, 5.41) is 0. The minimum atomic E-state index is -3.31. The summed E-state index contributed by atoms with van der Waals surface area (Å²) in [4.78, 5) is 15.2. The molecule has 5 rings (SSSR count). The van der Waals surface area contributed by atoms with Crippen LogP contribution in [0.25, 0.3) is 11.5 Å². The number of hydrogen-bond acceptors (Lipinski definition) is 8. The number of sulfonamides is 1. The molecule has 1 aliphatic carbocycles. The van der Waals surface area contributed by atoms with Gasteiger partial charge in [-0.15, -0.1) is 0 Å². The molecule has 2 aliphatic heterocycles. The van der Waals surface area contributed by atoms with Gasteiger partial charge in [0, 0.05) is 37.3 Å². The van der Waals surface area contributed by atoms with E-state index in [0.29, 0.717) is 24.3 Å². The van der Waals surface area contributed by atoms with Crippen molar-refractivity contribution >= 4 is 21.7 Å². The molecule has 0 spiro atoms. The van der Waals surface area contributed by atoms with E-state index in [9.17, 15) is 12.8 Å². The third-order valence-corrected chi connectivity index (χ3v) is 7.89. The molecule has 0 amide bonds. The molecule has 0 saturated carbocycles. The molecule has 11 heteroatoms. The van der Waals surface area contributed by atoms with Gasteiger partial charge in [0.25, 0.3) is 0 Å². The summed E-state index contributed by atoms with van der Waals surface area (Å²) in [5.74, 6) is 0.432. The number of halogens is 1. The van der Waals surface area contributed by atoms with E-state index < -0.39 is 15.8 Å². The Kier molecular flexibility index (Phi) is 7.10. The summed E-state index contributed by atoms with van der Waals surface area (Å²) in [7, 11) is -3.31. The van der Waals surface area contributed by atoms with Crippen LogP contribution in [-0.2, 0) is 27.7 Å². The Morgan fingerprint density at radius 3 is 2.83 bits per heavy atom. The Hall–Kier alpha value is -2.47. The van der Waals surface area contributed by atoms with Gasteiger partial charge in [-0.2, -0.15) is 4.31 Å². The standard InChI is InChI=1S/C24H30FN5O4S/c1-35(31,32)30-11-8-21-17(16-30)14-22(34-21)23-20(25)15-26-24(28-23)27-18-4-6-19(7-5-18)33-13-12-29-9-2-3-10-29/h4,6,14-15,19H,2-3,5,7-13,16H2,1H3. The highest BCUT2D eigenvalue weighted by atomic mass is 32.2. The molecule has 0 N–H and O–H groups in total. The SMILES string of the molecule is CS(=O)(=O)N1CCc2oc(-c3nc(N=C4C=CC(OCCN5CCCC5)CC4)ncc3F)cc2C1. The zero-order valence-electron chi connectivity index (χ0n) is 19.8. The minimum Gasteiger partial charge on any atom is -0.459 e. The number of rotatable bonds is 7. The molecule has 2 aromatic heterocycles. The zero-order chi connectivity index (χ0) is 24.4. The topological polar surface area (TPSA) is 101 Å². The highest BCUT2D eigenvalue weighted by Crippen LogP contribution is 2.31. The molecule has 2 aromatic rings. The monoisotopic (exact) mass is 503 g/mol. The lowest BCUT2D eigenvalue weighted by molar-refractivity contribution is 0.0645. The lowest BCUT2D eigenvalue weighted by Crippen LogP contribution is -2.34. The van der Waals surface area contributed by atoms with E-state index in [0.717, 1.165) is 37.9 Å². The molecule has 1 saturated heterocycles. The fourth-order valence-corrected chi connectivity index (χ4v) is 5.48. The number of aliphatic imine (C=N–C) groups is 1. The van der Waals surface area contributed by atoms with Crippen molar-refractivity contribution in [1.82, 2.24) is 19.2 Å². The molecule has 0 radical (unpaired) electrons. The highest BCUT2D eigenvalue weighted by molar-refractivity contribution is 7.88. The predicted octanol–water partition coefficient (Wildman–Crippen LogP) is 3.10. The molecule has 1 fully saturated rings. The van der Waals surface area contributed by atoms with Crippen LogP contribution in [0.4, 0.5) is 10.3 Å². The van der Waals surface area contributed by atoms with Gasteiger partial charge in [-0.1, -0.05) is 6.08 Å². The van der Waals surface area contributed by atoms with Crippen LogP contribution in [0, 0.1) is 5.82 Å². The maximum Gasteiger partial charge on any atom is 0.250 e. The molecule has 1 atom stereocenters. The van der Waals surface area contributed by atoms with Crippen LogP contribution >= 0.6 is 0 Å². The van der Waals surface area contributed by atoms with Crippen molar-refractivity contribution in [3.8, 4) is 11.5 Å². The van der Waals surface area contributed by atoms with Gasteiger partial charge in [-0.25, -0.2) is 27.8 Å². The Labute approximate surface area is 204 Å². The maximum absolute atomic E-state index is 14.6. The van der Waals surface area contributed by atoms with Crippen LogP contribution in [0.1, 0.15) is 37.0 Å². The first-order chi connectivity index (χ1) is 16.8. The Morgan fingerprint density at radius 2 is 2.09 bits per heavy atom. The van der Waals surface area contributed by atoms with E-state index in [-0.39, 0.29) is 30.1 Å². The first kappa shape index (κ1) is 24.2. The predicted molar refractivity (Wildman–Crippen MR) is 130 cm³/mol. The fourth-order valence-electron chi connectivity index (χ4n) is 4.68. The van der Waals surface area contributed by atoms with Gasteiger partial charge in [-0.3, -0.25) is 0 Å². The lowest BCUT2D eigenvalue weighted by atomic mass is 10.0. The largest absolute Gasteiger partial charge is 0.459 e. The van der Waals surface area contributed by atoms with Gasteiger partial charge in [0.1, 0.15) is 11.5 Å². The molecular weight excluding hydrogens is 473 g/mol. The van der Waals surface area contributed by atoms with Crippen LogP contribution in [-0.4, -0.2) is 78.4 Å². The molecule has 0 aromatic carbocycles. The molecular formula is C24H30FN5O4S. The zero-order valence-corrected chi connectivity index (χ0v) is 20.6. The number of nitrogens with zero attached hydrogens (tertiary/aromatic N) is 5. The molecule has 0 bridgehead atoms. The van der Waals surface area contributed by atoms with Crippen molar-refractivity contribution < 1.29 is 22.0 Å². The second kappa shape index (κ2) is 10.3. The lowest BCUT2D eigenvalue weighted by Gasteiger charge is -2.23. The van der Waals surface area contributed by atoms with Gasteiger partial charge in [0.2, 0.25) is 16.0 Å². The van der Waals surface area contributed by atoms with Gasteiger partial charge in [-0.05, 0) is 50.9 Å². The van der Waals surface area contributed by atoms with Crippen molar-refractivity contribution in [2.45, 2.75) is 44.8 Å². The number of likely N-dealkylation sites (tertiary alicyclic amines) is 1. The van der Waals surface area contributed by atoms with Crippen LogP contribution in [0.5, 0.6) is 0 Å². The van der Waals surface area contributed by atoms with E-state index in [1.807, 2.05) is 12.2 Å². The summed E-state index contributed by atoms with van der Waals surface area (Å²) in [6.07, 6.45) is 10.8. The van der Waals surface area contributed by atoms with Gasteiger partial charge in [0.15, 0.2) is 11.6 Å². The first-order valence-corrected chi connectivity index (χ1v) is 13.9. The number of furan rings is 1. The Balaban J connectivity index is 1.25. The smallest absolute Gasteiger partial charge is 0.250 e. The number of allylic oxidation sites excluding steroid dienone is 1. The van der Waals surface area contributed by atoms with Crippen LogP contribution in [0.15, 0.2) is 33.8 Å². The summed E-state index contributed by atoms with van der Waals surface area (Å²) < 4.78 is 51.5. The molecule has 3 aliphatic rings. The molecule has 1 unspecified atom stereocenters. The quantitative estimate of drug-likeness (QED) is 0.572. The molecule has 35 heavy (non-hydrogen) atoms. The number of aromatic nitrogens is 2. The molecule has 188 valence electrons. The van der Waals surface area contributed by atoms with Gasteiger partial charge >= 0.3 is 0 Å². The fraction of sp³-hybridized carbons (Fsp3) is 0.542. The van der Waals surface area contributed by atoms with Crippen molar-refractivity contribution in [2.75, 3.05) is 39.0 Å². The maximum atomic E-state index is 14.6. The molecule has 4 heterocycles. The van der Waals surface area contributed by atoms with E-state index in [4.69, 9.17) is 9.15 Å². The third kappa shape index (κ3) is 5.85. The van der Waals surface area contributed by atoms with Gasteiger partial charge < -0.3 is 14.1 Å². The Bertz CT molecular complexity index is 1240. The first-order valence-electron chi connectivity index (χ1n) is 12.0. The van der Waals surface area contributed by atoms with Crippen molar-refractivity contribution in [3.63, 3.8) is 0 Å². The van der Waals surface area contributed by atoms with Crippen molar-refractivity contribution in [1.29, 1.82) is 0 Å². The number of ether oxygens (including phenoxy) is 1. The second-order valence-corrected chi connectivity index (χ2v) is 11.2. The molecule has 9 nitrogen and oxygen atoms in total. The van der Waals surface area contributed by atoms with Gasteiger partial charge in [0.05, 0.1) is 25.2 Å². The van der Waals surface area contributed by atoms with E-state index in [1.54, 1.807) is 6.07 Å². The van der Waals surface area contributed by atoms with E-state index in [1.165, 1.54) is 36.5 Å². The van der Waals surface area contributed by atoms with Crippen LogP contribution in [0.2, 0.25) is 0 Å². The summed E-state index contributed by atoms with van der Waals surface area (Å²) in [5.41, 5.74) is 1.54. The number of fused-ring (bicyclic) bond motifs is 1. The Morgan fingerprint density at radius 1 is 1.26 bits per heavy atom. The summed E-state index contributed by atoms with van der Waals surface area (Å²) in [6.45, 7) is 4.56. The van der Waals surface area contributed by atoms with Crippen LogP contribution < -0.4 is 0 Å². The van der Waals surface area contributed by atoms with E-state index >= 15 is 0 Å². The normalized spacial score (nSPS) is 22.7. The third-order valence-electron chi connectivity index (χ3n) is 6.64. The summed E-state index contributed by atoms with van der Waals surface area (Å²) in [6, 6.07) is 1.65.